The maximum atomic E-state index is 12.2. The number of nitrogens with one attached hydrogen (secondary N) is 1. The molecular weight excluding hydrogens is 350 g/mol. The van der Waals surface area contributed by atoms with Crippen molar-refractivity contribution in [2.75, 3.05) is 23.9 Å². The molecule has 0 atom stereocenters. The number of amides is 2. The van der Waals surface area contributed by atoms with Gasteiger partial charge in [0.05, 0.1) is 24.9 Å². The van der Waals surface area contributed by atoms with Gasteiger partial charge < -0.3 is 10.1 Å². The third-order valence-electron chi connectivity index (χ3n) is 3.50. The number of thiophene rings is 1. The number of methoxy groups -OCH3 is 1. The van der Waals surface area contributed by atoms with Gasteiger partial charge in [-0.05, 0) is 17.9 Å². The lowest BCUT2D eigenvalue weighted by Crippen LogP contribution is -2.23. The molecule has 0 aromatic carbocycles. The van der Waals surface area contributed by atoms with Gasteiger partial charge >= 0.3 is 5.97 Å². The van der Waals surface area contributed by atoms with Crippen LogP contribution < -0.4 is 10.2 Å². The van der Waals surface area contributed by atoms with Gasteiger partial charge in [0.1, 0.15) is 4.88 Å². The molecule has 2 amide bonds. The monoisotopic (exact) mass is 365 g/mol. The SMILES string of the molecule is COC(=O)c1sccc1NC(=O)Cc1csc(N2CCCC2=O)n1. The van der Waals surface area contributed by atoms with E-state index in [1.54, 1.807) is 21.7 Å². The van der Waals surface area contributed by atoms with E-state index in [2.05, 4.69) is 15.0 Å². The molecule has 1 saturated heterocycles. The van der Waals surface area contributed by atoms with Crippen LogP contribution in [0.4, 0.5) is 10.8 Å². The fourth-order valence-corrected chi connectivity index (χ4v) is 4.00. The molecule has 2 aromatic rings. The van der Waals surface area contributed by atoms with Crippen LogP contribution >= 0.6 is 22.7 Å². The molecule has 1 aliphatic rings. The molecule has 0 bridgehead atoms. The average Bonchev–Trinajstić information content (AvgIpc) is 3.27. The molecule has 0 radical (unpaired) electrons. The number of aromatic nitrogens is 1. The van der Waals surface area contributed by atoms with E-state index in [4.69, 9.17) is 0 Å². The van der Waals surface area contributed by atoms with Gasteiger partial charge in [-0.25, -0.2) is 9.78 Å². The standard InChI is InChI=1S/C15H15N3O4S2/c1-22-14(21)13-10(4-6-23-13)17-11(19)7-9-8-24-15(16-9)18-5-2-3-12(18)20/h4,6,8H,2-3,5,7H2,1H3,(H,17,19). The molecule has 1 fully saturated rings. The van der Waals surface area contributed by atoms with Crippen LogP contribution in [0.1, 0.15) is 28.2 Å². The van der Waals surface area contributed by atoms with Crippen molar-refractivity contribution >= 4 is 51.3 Å². The molecule has 0 spiro atoms. The number of carbonyl (C=O) groups excluding carboxylic acids is 3. The van der Waals surface area contributed by atoms with E-state index < -0.39 is 5.97 Å². The summed E-state index contributed by atoms with van der Waals surface area (Å²) in [5.41, 5.74) is 1.03. The Kier molecular flexibility index (Phi) is 4.91. The summed E-state index contributed by atoms with van der Waals surface area (Å²) in [5, 5.41) is 6.81. The third kappa shape index (κ3) is 3.46. The first-order valence-electron chi connectivity index (χ1n) is 7.29. The van der Waals surface area contributed by atoms with Crippen LogP contribution in [0.2, 0.25) is 0 Å². The van der Waals surface area contributed by atoms with Crippen LogP contribution in [0.3, 0.4) is 0 Å². The number of ether oxygens (including phenoxy) is 1. The van der Waals surface area contributed by atoms with Crippen LogP contribution in [0.5, 0.6) is 0 Å². The Balaban J connectivity index is 1.64. The van der Waals surface area contributed by atoms with E-state index in [0.717, 1.165) is 6.42 Å². The van der Waals surface area contributed by atoms with Gasteiger partial charge in [-0.1, -0.05) is 0 Å². The van der Waals surface area contributed by atoms with Crippen molar-refractivity contribution in [3.05, 3.63) is 27.4 Å². The highest BCUT2D eigenvalue weighted by molar-refractivity contribution is 7.14. The lowest BCUT2D eigenvalue weighted by atomic mass is 10.3. The van der Waals surface area contributed by atoms with Gasteiger partial charge in [0.15, 0.2) is 5.13 Å². The molecule has 9 heteroatoms. The molecule has 126 valence electrons. The predicted octanol–water partition coefficient (Wildman–Crippen LogP) is 2.30. The highest BCUT2D eigenvalue weighted by Crippen LogP contribution is 2.26. The van der Waals surface area contributed by atoms with Gasteiger partial charge in [-0.2, -0.15) is 0 Å². The van der Waals surface area contributed by atoms with Crippen LogP contribution in [0, 0.1) is 0 Å². The van der Waals surface area contributed by atoms with Crippen LogP contribution in [0.25, 0.3) is 0 Å². The zero-order chi connectivity index (χ0) is 17.1. The number of hydrogen-bond acceptors (Lipinski definition) is 7. The normalized spacial score (nSPS) is 14.0. The van der Waals surface area contributed by atoms with E-state index in [1.165, 1.54) is 29.8 Å². The zero-order valence-electron chi connectivity index (χ0n) is 12.9. The van der Waals surface area contributed by atoms with Crippen LogP contribution in [-0.4, -0.2) is 36.4 Å². The molecular formula is C15H15N3O4S2. The second-order valence-corrected chi connectivity index (χ2v) is 6.90. The number of thiazole rings is 1. The van der Waals surface area contributed by atoms with E-state index >= 15 is 0 Å². The summed E-state index contributed by atoms with van der Waals surface area (Å²) in [4.78, 5) is 41.9. The Hall–Kier alpha value is -2.26. The predicted molar refractivity (Wildman–Crippen MR) is 91.7 cm³/mol. The molecule has 3 rings (SSSR count). The maximum Gasteiger partial charge on any atom is 0.350 e. The minimum Gasteiger partial charge on any atom is -0.465 e. The highest BCUT2D eigenvalue weighted by atomic mass is 32.1. The van der Waals surface area contributed by atoms with E-state index in [1.807, 2.05) is 0 Å². The minimum absolute atomic E-state index is 0.0707. The zero-order valence-corrected chi connectivity index (χ0v) is 14.5. The van der Waals surface area contributed by atoms with Crippen molar-refractivity contribution in [1.82, 2.24) is 4.98 Å². The van der Waals surface area contributed by atoms with E-state index in [9.17, 15) is 14.4 Å². The first-order valence-corrected chi connectivity index (χ1v) is 9.05. The second-order valence-electron chi connectivity index (χ2n) is 5.15. The van der Waals surface area contributed by atoms with Gasteiger partial charge in [-0.15, -0.1) is 22.7 Å². The topological polar surface area (TPSA) is 88.6 Å². The summed E-state index contributed by atoms with van der Waals surface area (Å²) in [6, 6.07) is 1.66. The summed E-state index contributed by atoms with van der Waals surface area (Å²) < 4.78 is 4.68. The van der Waals surface area contributed by atoms with E-state index in [0.29, 0.717) is 34.4 Å². The van der Waals surface area contributed by atoms with Crippen molar-refractivity contribution in [2.45, 2.75) is 19.3 Å². The molecule has 3 heterocycles. The number of esters is 1. The largest absolute Gasteiger partial charge is 0.465 e. The number of rotatable bonds is 5. The van der Waals surface area contributed by atoms with Gasteiger partial charge in [-0.3, -0.25) is 14.5 Å². The Bertz CT molecular complexity index is 783. The number of carbonyl (C=O) groups is 3. The van der Waals surface area contributed by atoms with Crippen molar-refractivity contribution in [1.29, 1.82) is 0 Å². The number of hydrogen-bond donors (Lipinski definition) is 1. The number of nitrogens with zero attached hydrogens (tertiary/aromatic N) is 2. The summed E-state index contributed by atoms with van der Waals surface area (Å²) in [6.45, 7) is 0.676. The molecule has 1 N–H and O–H groups in total. The van der Waals surface area contributed by atoms with Gasteiger partial charge in [0, 0.05) is 18.3 Å². The Morgan fingerprint density at radius 1 is 1.42 bits per heavy atom. The Morgan fingerprint density at radius 3 is 2.96 bits per heavy atom. The summed E-state index contributed by atoms with van der Waals surface area (Å²) in [6.07, 6.45) is 1.46. The van der Waals surface area contributed by atoms with Crippen molar-refractivity contribution in [2.24, 2.45) is 0 Å². The lowest BCUT2D eigenvalue weighted by molar-refractivity contribution is -0.117. The van der Waals surface area contributed by atoms with Crippen molar-refractivity contribution in [3.63, 3.8) is 0 Å². The minimum atomic E-state index is -0.483. The fourth-order valence-electron chi connectivity index (χ4n) is 2.37. The summed E-state index contributed by atoms with van der Waals surface area (Å²) >= 11 is 2.56. The van der Waals surface area contributed by atoms with Crippen LogP contribution in [-0.2, 0) is 20.7 Å². The third-order valence-corrected chi connectivity index (χ3v) is 5.30. The van der Waals surface area contributed by atoms with Crippen LogP contribution in [0.15, 0.2) is 16.8 Å². The maximum absolute atomic E-state index is 12.2. The highest BCUT2D eigenvalue weighted by Gasteiger charge is 2.24. The molecule has 7 nitrogen and oxygen atoms in total. The molecule has 0 unspecified atom stereocenters. The number of anilines is 2. The smallest absolute Gasteiger partial charge is 0.350 e. The van der Waals surface area contributed by atoms with Gasteiger partial charge in [0.25, 0.3) is 0 Å². The first kappa shape index (κ1) is 16.6. The molecule has 0 aliphatic carbocycles. The molecule has 1 aliphatic heterocycles. The molecule has 24 heavy (non-hydrogen) atoms. The Morgan fingerprint density at radius 2 is 2.25 bits per heavy atom. The lowest BCUT2D eigenvalue weighted by Gasteiger charge is -2.10. The first-order chi connectivity index (χ1) is 11.6. The molecule has 0 saturated carbocycles. The molecule has 2 aromatic heterocycles. The summed E-state index contributed by atoms with van der Waals surface area (Å²) in [5.74, 6) is -0.687. The summed E-state index contributed by atoms with van der Waals surface area (Å²) in [7, 11) is 1.30. The fraction of sp³-hybridized carbons (Fsp3) is 0.333. The second kappa shape index (κ2) is 7.10. The quantitative estimate of drug-likeness (QED) is 0.822. The average molecular weight is 365 g/mol. The Labute approximate surface area is 146 Å². The van der Waals surface area contributed by atoms with Crippen molar-refractivity contribution < 1.29 is 19.1 Å². The van der Waals surface area contributed by atoms with E-state index in [-0.39, 0.29) is 18.2 Å². The van der Waals surface area contributed by atoms with Gasteiger partial charge in [0.2, 0.25) is 11.8 Å². The van der Waals surface area contributed by atoms with Crippen molar-refractivity contribution in [3.8, 4) is 0 Å².